The maximum absolute atomic E-state index is 9.22. The zero-order chi connectivity index (χ0) is 9.52. The van der Waals surface area contributed by atoms with E-state index in [-0.39, 0.29) is 0 Å². The summed E-state index contributed by atoms with van der Waals surface area (Å²) in [4.78, 5) is 0. The largest absolute Gasteiger partial charge is 0.396 e. The molecule has 0 radical (unpaired) electrons. The number of ether oxygens (including phenoxy) is 1. The molecule has 0 aromatic heterocycles. The molecule has 0 saturated carbocycles. The molecule has 3 nitrogen and oxygen atoms in total. The van der Waals surface area contributed by atoms with Crippen molar-refractivity contribution < 1.29 is 9.84 Å². The van der Waals surface area contributed by atoms with E-state index in [1.54, 1.807) is 0 Å². The lowest BCUT2D eigenvalue weighted by Gasteiger charge is -2.28. The first kappa shape index (κ1) is 11.0. The predicted molar refractivity (Wildman–Crippen MR) is 52.7 cm³/mol. The van der Waals surface area contributed by atoms with E-state index in [4.69, 9.17) is 4.74 Å². The second kappa shape index (κ2) is 6.35. The van der Waals surface area contributed by atoms with Crippen LogP contribution in [0, 0.1) is 11.8 Å². The molecule has 2 unspecified atom stereocenters. The molecule has 2 N–H and O–H groups in total. The molecule has 1 saturated heterocycles. The van der Waals surface area contributed by atoms with Gasteiger partial charge >= 0.3 is 0 Å². The standard InChI is InChI=1S/C10H21NO2/c1-11-5-4-9(7-12)10-3-2-6-13-8-10/h9-12H,2-8H2,1H3. The van der Waals surface area contributed by atoms with Gasteiger partial charge in [0.2, 0.25) is 0 Å². The number of hydrogen-bond donors (Lipinski definition) is 2. The minimum Gasteiger partial charge on any atom is -0.396 e. The molecule has 0 bridgehead atoms. The minimum absolute atomic E-state index is 0.301. The van der Waals surface area contributed by atoms with Crippen LogP contribution in [0.15, 0.2) is 0 Å². The highest BCUT2D eigenvalue weighted by molar-refractivity contribution is 4.72. The number of hydrogen-bond acceptors (Lipinski definition) is 3. The van der Waals surface area contributed by atoms with Crippen molar-refractivity contribution in [2.24, 2.45) is 11.8 Å². The fraction of sp³-hybridized carbons (Fsp3) is 1.00. The average Bonchev–Trinajstić information content (AvgIpc) is 2.21. The van der Waals surface area contributed by atoms with Gasteiger partial charge in [0.25, 0.3) is 0 Å². The number of aliphatic hydroxyl groups is 1. The molecular weight excluding hydrogens is 166 g/mol. The van der Waals surface area contributed by atoms with E-state index in [0.29, 0.717) is 18.4 Å². The van der Waals surface area contributed by atoms with Crippen molar-refractivity contribution >= 4 is 0 Å². The topological polar surface area (TPSA) is 41.5 Å². The molecule has 0 spiro atoms. The highest BCUT2D eigenvalue weighted by atomic mass is 16.5. The Labute approximate surface area is 80.5 Å². The zero-order valence-corrected chi connectivity index (χ0v) is 8.46. The highest BCUT2D eigenvalue weighted by Gasteiger charge is 2.22. The third kappa shape index (κ3) is 3.63. The summed E-state index contributed by atoms with van der Waals surface area (Å²) in [5.74, 6) is 1.000. The van der Waals surface area contributed by atoms with Crippen molar-refractivity contribution in [1.29, 1.82) is 0 Å². The van der Waals surface area contributed by atoms with E-state index in [0.717, 1.165) is 32.6 Å². The Hall–Kier alpha value is -0.120. The van der Waals surface area contributed by atoms with Crippen molar-refractivity contribution in [1.82, 2.24) is 5.32 Å². The Morgan fingerprint density at radius 2 is 2.46 bits per heavy atom. The Balaban J connectivity index is 2.26. The van der Waals surface area contributed by atoms with Crippen molar-refractivity contribution in [3.05, 3.63) is 0 Å². The lowest BCUT2D eigenvalue weighted by Crippen LogP contribution is -2.29. The van der Waals surface area contributed by atoms with Crippen LogP contribution in [0.5, 0.6) is 0 Å². The van der Waals surface area contributed by atoms with E-state index in [9.17, 15) is 5.11 Å². The first-order valence-electron chi connectivity index (χ1n) is 5.21. The average molecular weight is 187 g/mol. The van der Waals surface area contributed by atoms with Gasteiger partial charge in [-0.05, 0) is 44.7 Å². The molecule has 1 aliphatic heterocycles. The molecule has 1 heterocycles. The van der Waals surface area contributed by atoms with Crippen LogP contribution in [-0.4, -0.2) is 38.5 Å². The monoisotopic (exact) mass is 187 g/mol. The molecule has 1 fully saturated rings. The Bertz CT molecular complexity index is 124. The normalized spacial score (nSPS) is 25.8. The van der Waals surface area contributed by atoms with Crippen LogP contribution in [0.1, 0.15) is 19.3 Å². The molecular formula is C10H21NO2. The van der Waals surface area contributed by atoms with E-state index in [1.807, 2.05) is 7.05 Å². The summed E-state index contributed by atoms with van der Waals surface area (Å²) in [5.41, 5.74) is 0. The minimum atomic E-state index is 0.301. The zero-order valence-electron chi connectivity index (χ0n) is 8.46. The number of nitrogens with one attached hydrogen (secondary N) is 1. The van der Waals surface area contributed by atoms with Crippen LogP contribution in [0.4, 0.5) is 0 Å². The summed E-state index contributed by atoms with van der Waals surface area (Å²) in [6, 6.07) is 0. The van der Waals surface area contributed by atoms with Gasteiger partial charge in [-0.3, -0.25) is 0 Å². The second-order valence-electron chi connectivity index (χ2n) is 3.81. The van der Waals surface area contributed by atoms with Gasteiger partial charge in [-0.25, -0.2) is 0 Å². The number of aliphatic hydroxyl groups excluding tert-OH is 1. The Morgan fingerprint density at radius 3 is 3.00 bits per heavy atom. The Kier molecular flexibility index (Phi) is 5.35. The van der Waals surface area contributed by atoms with Gasteiger partial charge < -0.3 is 15.2 Å². The third-order valence-electron chi connectivity index (χ3n) is 2.86. The van der Waals surface area contributed by atoms with Gasteiger partial charge in [0.1, 0.15) is 0 Å². The van der Waals surface area contributed by atoms with Gasteiger partial charge in [-0.1, -0.05) is 0 Å². The maximum Gasteiger partial charge on any atom is 0.0497 e. The van der Waals surface area contributed by atoms with Crippen molar-refractivity contribution in [3.8, 4) is 0 Å². The SMILES string of the molecule is CNCCC(CO)C1CCCOC1. The summed E-state index contributed by atoms with van der Waals surface area (Å²) in [6.45, 7) is 3.03. The Morgan fingerprint density at radius 1 is 1.62 bits per heavy atom. The van der Waals surface area contributed by atoms with Gasteiger partial charge in [-0.15, -0.1) is 0 Å². The molecule has 1 rings (SSSR count). The fourth-order valence-electron chi connectivity index (χ4n) is 1.94. The fourth-order valence-corrected chi connectivity index (χ4v) is 1.94. The predicted octanol–water partition coefficient (Wildman–Crippen LogP) is 0.631. The molecule has 0 aromatic carbocycles. The first-order valence-corrected chi connectivity index (χ1v) is 5.21. The van der Waals surface area contributed by atoms with Crippen LogP contribution in [-0.2, 0) is 4.74 Å². The third-order valence-corrected chi connectivity index (χ3v) is 2.86. The van der Waals surface area contributed by atoms with Crippen LogP contribution < -0.4 is 5.32 Å². The molecule has 3 heteroatoms. The molecule has 1 aliphatic rings. The van der Waals surface area contributed by atoms with E-state index < -0.39 is 0 Å². The lowest BCUT2D eigenvalue weighted by atomic mass is 9.86. The summed E-state index contributed by atoms with van der Waals surface area (Å²) >= 11 is 0. The first-order chi connectivity index (χ1) is 6.38. The molecule has 2 atom stereocenters. The molecule has 0 aliphatic carbocycles. The van der Waals surface area contributed by atoms with Crippen LogP contribution in [0.2, 0.25) is 0 Å². The highest BCUT2D eigenvalue weighted by Crippen LogP contribution is 2.24. The van der Waals surface area contributed by atoms with Crippen LogP contribution in [0.25, 0.3) is 0 Å². The molecule has 78 valence electrons. The molecule has 13 heavy (non-hydrogen) atoms. The summed E-state index contributed by atoms with van der Waals surface area (Å²) in [6.07, 6.45) is 3.43. The molecule has 0 aromatic rings. The maximum atomic E-state index is 9.22. The summed E-state index contributed by atoms with van der Waals surface area (Å²) < 4.78 is 5.41. The van der Waals surface area contributed by atoms with E-state index in [1.165, 1.54) is 6.42 Å². The van der Waals surface area contributed by atoms with E-state index >= 15 is 0 Å². The van der Waals surface area contributed by atoms with Crippen molar-refractivity contribution in [2.45, 2.75) is 19.3 Å². The van der Waals surface area contributed by atoms with Gasteiger partial charge in [0.15, 0.2) is 0 Å². The smallest absolute Gasteiger partial charge is 0.0497 e. The second-order valence-corrected chi connectivity index (χ2v) is 3.81. The number of rotatable bonds is 5. The van der Waals surface area contributed by atoms with Crippen LogP contribution >= 0.6 is 0 Å². The lowest BCUT2D eigenvalue weighted by molar-refractivity contribution is 0.0144. The van der Waals surface area contributed by atoms with Crippen molar-refractivity contribution in [3.63, 3.8) is 0 Å². The van der Waals surface area contributed by atoms with Gasteiger partial charge in [0, 0.05) is 19.8 Å². The molecule has 0 amide bonds. The quantitative estimate of drug-likeness (QED) is 0.663. The van der Waals surface area contributed by atoms with Gasteiger partial charge in [-0.2, -0.15) is 0 Å². The van der Waals surface area contributed by atoms with Gasteiger partial charge in [0.05, 0.1) is 0 Å². The summed E-state index contributed by atoms with van der Waals surface area (Å²) in [5, 5.41) is 12.3. The van der Waals surface area contributed by atoms with Crippen molar-refractivity contribution in [2.75, 3.05) is 33.4 Å². The van der Waals surface area contributed by atoms with Crippen LogP contribution in [0.3, 0.4) is 0 Å². The van der Waals surface area contributed by atoms with E-state index in [2.05, 4.69) is 5.32 Å². The summed E-state index contributed by atoms with van der Waals surface area (Å²) in [7, 11) is 1.95.